The number of thiophene rings is 1. The van der Waals surface area contributed by atoms with Crippen LogP contribution in [-0.4, -0.2) is 20.4 Å². The summed E-state index contributed by atoms with van der Waals surface area (Å²) in [5, 5.41) is 3.04. The van der Waals surface area contributed by atoms with Crippen LogP contribution in [0.2, 0.25) is 0 Å². The van der Waals surface area contributed by atoms with Gasteiger partial charge in [0.2, 0.25) is 10.0 Å². The van der Waals surface area contributed by atoms with Crippen molar-refractivity contribution in [2.45, 2.75) is 31.1 Å². The van der Waals surface area contributed by atoms with Gasteiger partial charge in [0.25, 0.3) is 0 Å². The second-order valence-corrected chi connectivity index (χ2v) is 7.92. The lowest BCUT2D eigenvalue weighted by Crippen LogP contribution is -2.23. The summed E-state index contributed by atoms with van der Waals surface area (Å²) in [6.45, 7) is 4.71. The molecule has 2 heterocycles. The van der Waals surface area contributed by atoms with Crippen LogP contribution < -0.4 is 10.0 Å². The van der Waals surface area contributed by atoms with Crippen LogP contribution in [0.3, 0.4) is 0 Å². The average Bonchev–Trinajstić information content (AvgIpc) is 2.81. The molecule has 114 valence electrons. The van der Waals surface area contributed by atoms with E-state index in [0.717, 1.165) is 21.7 Å². The van der Waals surface area contributed by atoms with Crippen LogP contribution in [0, 0.1) is 13.8 Å². The summed E-state index contributed by atoms with van der Waals surface area (Å²) in [6.07, 6.45) is 1.66. The molecule has 0 atom stereocenters. The molecular formula is C14H19N3O2S2. The fourth-order valence-corrected chi connectivity index (χ4v) is 4.53. The summed E-state index contributed by atoms with van der Waals surface area (Å²) < 4.78 is 27.6. The standard InChI is InChI=1S/C14H19N3O2S2/c1-10-5-4-6-16-12(10)8-17-21(18,19)14-7-11(2)13(20-14)9-15-3/h4-7,15,17H,8-9H2,1-3H3. The van der Waals surface area contributed by atoms with E-state index in [1.807, 2.05) is 33.0 Å². The zero-order valence-electron chi connectivity index (χ0n) is 12.3. The van der Waals surface area contributed by atoms with Crippen molar-refractivity contribution in [2.75, 3.05) is 7.05 Å². The molecule has 7 heteroatoms. The Morgan fingerprint density at radius 2 is 2.00 bits per heavy atom. The molecule has 0 spiro atoms. The van der Waals surface area contributed by atoms with Gasteiger partial charge in [0.05, 0.1) is 12.2 Å². The number of hydrogen-bond acceptors (Lipinski definition) is 5. The zero-order chi connectivity index (χ0) is 15.5. The molecule has 0 bridgehead atoms. The number of nitrogens with one attached hydrogen (secondary N) is 2. The summed E-state index contributed by atoms with van der Waals surface area (Å²) in [5.74, 6) is 0. The lowest BCUT2D eigenvalue weighted by Gasteiger charge is -2.06. The van der Waals surface area contributed by atoms with Gasteiger partial charge >= 0.3 is 0 Å². The third-order valence-corrected chi connectivity index (χ3v) is 6.26. The van der Waals surface area contributed by atoms with Gasteiger partial charge in [0.1, 0.15) is 4.21 Å². The molecule has 5 nitrogen and oxygen atoms in total. The van der Waals surface area contributed by atoms with Crippen LogP contribution in [0.5, 0.6) is 0 Å². The van der Waals surface area contributed by atoms with Crippen molar-refractivity contribution in [3.8, 4) is 0 Å². The lowest BCUT2D eigenvalue weighted by atomic mass is 10.2. The van der Waals surface area contributed by atoms with E-state index < -0.39 is 10.0 Å². The van der Waals surface area contributed by atoms with E-state index in [2.05, 4.69) is 15.0 Å². The first kappa shape index (κ1) is 16.1. The van der Waals surface area contributed by atoms with Gasteiger partial charge in [0, 0.05) is 17.6 Å². The van der Waals surface area contributed by atoms with Crippen molar-refractivity contribution in [1.29, 1.82) is 0 Å². The average molecular weight is 325 g/mol. The molecule has 21 heavy (non-hydrogen) atoms. The number of sulfonamides is 1. The summed E-state index contributed by atoms with van der Waals surface area (Å²) in [5.41, 5.74) is 2.70. The summed E-state index contributed by atoms with van der Waals surface area (Å²) in [6, 6.07) is 5.46. The van der Waals surface area contributed by atoms with Gasteiger partial charge in [-0.1, -0.05) is 6.07 Å². The van der Waals surface area contributed by atoms with E-state index in [-0.39, 0.29) is 6.54 Å². The van der Waals surface area contributed by atoms with Crippen LogP contribution in [0.15, 0.2) is 28.6 Å². The number of hydrogen-bond donors (Lipinski definition) is 2. The maximum absolute atomic E-state index is 12.3. The van der Waals surface area contributed by atoms with Crippen molar-refractivity contribution in [3.63, 3.8) is 0 Å². The number of pyridine rings is 1. The van der Waals surface area contributed by atoms with Crippen LogP contribution >= 0.6 is 11.3 Å². The zero-order valence-corrected chi connectivity index (χ0v) is 13.9. The molecule has 0 fully saturated rings. The van der Waals surface area contributed by atoms with E-state index in [0.29, 0.717) is 10.8 Å². The highest BCUT2D eigenvalue weighted by atomic mass is 32.2. The molecular weight excluding hydrogens is 306 g/mol. The highest BCUT2D eigenvalue weighted by Gasteiger charge is 2.19. The molecule has 0 amide bonds. The van der Waals surface area contributed by atoms with Crippen molar-refractivity contribution in [1.82, 2.24) is 15.0 Å². The molecule has 0 saturated carbocycles. The van der Waals surface area contributed by atoms with Gasteiger partial charge in [0.15, 0.2) is 0 Å². The van der Waals surface area contributed by atoms with Gasteiger partial charge in [-0.3, -0.25) is 4.98 Å². The molecule has 2 rings (SSSR count). The van der Waals surface area contributed by atoms with Gasteiger partial charge in [-0.05, 0) is 44.2 Å². The van der Waals surface area contributed by atoms with E-state index in [4.69, 9.17) is 0 Å². The fourth-order valence-electron chi connectivity index (χ4n) is 1.90. The van der Waals surface area contributed by atoms with Gasteiger partial charge in [-0.15, -0.1) is 11.3 Å². The topological polar surface area (TPSA) is 71.1 Å². The van der Waals surface area contributed by atoms with Crippen molar-refractivity contribution < 1.29 is 8.42 Å². The van der Waals surface area contributed by atoms with Crippen LogP contribution in [0.25, 0.3) is 0 Å². The first-order valence-corrected chi connectivity index (χ1v) is 8.88. The minimum absolute atomic E-state index is 0.202. The maximum Gasteiger partial charge on any atom is 0.250 e. The molecule has 0 aliphatic carbocycles. The molecule has 2 aromatic heterocycles. The molecule has 0 unspecified atom stereocenters. The summed E-state index contributed by atoms with van der Waals surface area (Å²) >= 11 is 1.30. The lowest BCUT2D eigenvalue weighted by molar-refractivity contribution is 0.582. The molecule has 0 aliphatic rings. The van der Waals surface area contributed by atoms with Gasteiger partial charge in [-0.2, -0.15) is 0 Å². The van der Waals surface area contributed by atoms with Crippen molar-refractivity contribution in [2.24, 2.45) is 0 Å². The predicted molar refractivity (Wildman–Crippen MR) is 84.8 cm³/mol. The van der Waals surface area contributed by atoms with Crippen LogP contribution in [0.4, 0.5) is 0 Å². The van der Waals surface area contributed by atoms with E-state index in [1.165, 1.54) is 11.3 Å². The third-order valence-electron chi connectivity index (χ3n) is 3.15. The van der Waals surface area contributed by atoms with E-state index in [9.17, 15) is 8.42 Å². The first-order chi connectivity index (χ1) is 9.94. The fraction of sp³-hybridized carbons (Fsp3) is 0.357. The Morgan fingerprint density at radius 3 is 2.67 bits per heavy atom. The number of nitrogens with zero attached hydrogens (tertiary/aromatic N) is 1. The van der Waals surface area contributed by atoms with E-state index >= 15 is 0 Å². The Hall–Kier alpha value is -1.28. The van der Waals surface area contributed by atoms with Gasteiger partial charge < -0.3 is 5.32 Å². The molecule has 0 aliphatic heterocycles. The Bertz CT molecular complexity index is 724. The van der Waals surface area contributed by atoms with Crippen molar-refractivity contribution in [3.05, 3.63) is 46.1 Å². The number of rotatable bonds is 6. The van der Waals surface area contributed by atoms with Crippen LogP contribution in [-0.2, 0) is 23.1 Å². The minimum atomic E-state index is -3.49. The Labute approximate surface area is 129 Å². The third kappa shape index (κ3) is 3.88. The smallest absolute Gasteiger partial charge is 0.250 e. The van der Waals surface area contributed by atoms with E-state index in [1.54, 1.807) is 12.3 Å². The molecule has 0 saturated heterocycles. The SMILES string of the molecule is CNCc1sc(S(=O)(=O)NCc2ncccc2C)cc1C. The quantitative estimate of drug-likeness (QED) is 0.852. The number of aromatic nitrogens is 1. The molecule has 2 aromatic rings. The molecule has 2 N–H and O–H groups in total. The monoisotopic (exact) mass is 325 g/mol. The Kier molecular flexibility index (Phi) is 5.10. The maximum atomic E-state index is 12.3. The highest BCUT2D eigenvalue weighted by molar-refractivity contribution is 7.91. The second kappa shape index (κ2) is 6.65. The summed E-state index contributed by atoms with van der Waals surface area (Å²) in [4.78, 5) is 5.23. The van der Waals surface area contributed by atoms with Crippen molar-refractivity contribution >= 4 is 21.4 Å². The Balaban J connectivity index is 2.15. The first-order valence-electron chi connectivity index (χ1n) is 6.58. The largest absolute Gasteiger partial charge is 0.315 e. The van der Waals surface area contributed by atoms with Gasteiger partial charge in [-0.25, -0.2) is 13.1 Å². The second-order valence-electron chi connectivity index (χ2n) is 4.79. The van der Waals surface area contributed by atoms with Crippen LogP contribution in [0.1, 0.15) is 21.7 Å². The normalized spacial score (nSPS) is 11.8. The Morgan fingerprint density at radius 1 is 1.24 bits per heavy atom. The summed E-state index contributed by atoms with van der Waals surface area (Å²) in [7, 11) is -1.65. The number of aryl methyl sites for hydroxylation is 2. The molecule has 0 aromatic carbocycles. The predicted octanol–water partition coefficient (Wildman–Crippen LogP) is 1.96. The highest BCUT2D eigenvalue weighted by Crippen LogP contribution is 2.25. The minimum Gasteiger partial charge on any atom is -0.315 e. The molecule has 0 radical (unpaired) electrons.